The number of nitrogens with zero attached hydrogens (tertiary/aromatic N) is 2. The number of methoxy groups -OCH3 is 1. The topological polar surface area (TPSA) is 76.7 Å². The van der Waals surface area contributed by atoms with Crippen molar-refractivity contribution in [3.05, 3.63) is 46.1 Å². The van der Waals surface area contributed by atoms with Crippen LogP contribution in [0.4, 0.5) is 0 Å². The fraction of sp³-hybridized carbons (Fsp3) is 0.235. The third-order valence-electron chi connectivity index (χ3n) is 3.41. The molecule has 0 spiro atoms. The van der Waals surface area contributed by atoms with Crippen LogP contribution >= 0.6 is 11.3 Å². The number of benzene rings is 1. The number of carbonyl (C=O) groups is 1. The molecule has 0 atom stereocenters. The SMILES string of the molecule is COc1cccc2cc(/C(C)=N\NC(=O)Cc3nc(C)cs3)oc12. The van der Waals surface area contributed by atoms with E-state index in [-0.39, 0.29) is 12.3 Å². The maximum atomic E-state index is 11.9. The lowest BCUT2D eigenvalue weighted by Gasteiger charge is -2.00. The molecule has 124 valence electrons. The molecule has 0 radical (unpaired) electrons. The highest BCUT2D eigenvalue weighted by Crippen LogP contribution is 2.28. The number of thiazole rings is 1. The first-order valence-corrected chi connectivity index (χ1v) is 8.26. The molecule has 2 heterocycles. The van der Waals surface area contributed by atoms with Gasteiger partial charge in [0.2, 0.25) is 5.91 Å². The normalized spacial score (nSPS) is 11.7. The van der Waals surface area contributed by atoms with Gasteiger partial charge in [0.05, 0.1) is 13.5 Å². The van der Waals surface area contributed by atoms with Crippen LogP contribution in [0.25, 0.3) is 11.0 Å². The van der Waals surface area contributed by atoms with Crippen molar-refractivity contribution in [2.45, 2.75) is 20.3 Å². The average molecular weight is 343 g/mol. The molecule has 7 heteroatoms. The van der Waals surface area contributed by atoms with Gasteiger partial charge in [0.25, 0.3) is 0 Å². The Hall–Kier alpha value is -2.67. The number of rotatable bonds is 5. The van der Waals surface area contributed by atoms with Gasteiger partial charge in [0.15, 0.2) is 17.1 Å². The second-order valence-corrected chi connectivity index (χ2v) is 6.22. The molecule has 2 aromatic heterocycles. The third-order valence-corrected chi connectivity index (χ3v) is 4.38. The van der Waals surface area contributed by atoms with Crippen molar-refractivity contribution in [1.82, 2.24) is 10.4 Å². The number of aryl methyl sites for hydroxylation is 1. The van der Waals surface area contributed by atoms with Gasteiger partial charge in [-0.15, -0.1) is 11.3 Å². The van der Waals surface area contributed by atoms with Crippen LogP contribution in [0.5, 0.6) is 5.75 Å². The molecular weight excluding hydrogens is 326 g/mol. The molecular formula is C17H17N3O3S. The Morgan fingerprint density at radius 1 is 1.46 bits per heavy atom. The zero-order chi connectivity index (χ0) is 17.1. The van der Waals surface area contributed by atoms with E-state index in [2.05, 4.69) is 15.5 Å². The van der Waals surface area contributed by atoms with Gasteiger partial charge in [-0.2, -0.15) is 5.10 Å². The highest BCUT2D eigenvalue weighted by molar-refractivity contribution is 7.09. The zero-order valence-corrected chi connectivity index (χ0v) is 14.4. The smallest absolute Gasteiger partial charge is 0.246 e. The van der Waals surface area contributed by atoms with E-state index in [1.54, 1.807) is 14.0 Å². The Morgan fingerprint density at radius 3 is 3.00 bits per heavy atom. The highest BCUT2D eigenvalue weighted by Gasteiger charge is 2.11. The molecule has 1 N–H and O–H groups in total. The molecule has 0 unspecified atom stereocenters. The number of nitrogens with one attached hydrogen (secondary N) is 1. The fourth-order valence-electron chi connectivity index (χ4n) is 2.24. The number of hydrogen-bond acceptors (Lipinski definition) is 6. The van der Waals surface area contributed by atoms with Crippen LogP contribution < -0.4 is 10.2 Å². The van der Waals surface area contributed by atoms with Crippen molar-refractivity contribution >= 4 is 33.9 Å². The molecule has 0 aliphatic carbocycles. The van der Waals surface area contributed by atoms with Gasteiger partial charge >= 0.3 is 0 Å². The summed E-state index contributed by atoms with van der Waals surface area (Å²) in [5.41, 5.74) is 4.69. The van der Waals surface area contributed by atoms with Crippen LogP contribution in [-0.4, -0.2) is 23.7 Å². The van der Waals surface area contributed by atoms with Crippen molar-refractivity contribution in [3.8, 4) is 5.75 Å². The van der Waals surface area contributed by atoms with Crippen LogP contribution in [0.2, 0.25) is 0 Å². The monoisotopic (exact) mass is 343 g/mol. The first kappa shape index (κ1) is 16.2. The highest BCUT2D eigenvalue weighted by atomic mass is 32.1. The van der Waals surface area contributed by atoms with Gasteiger partial charge in [-0.25, -0.2) is 10.4 Å². The molecule has 3 rings (SSSR count). The number of fused-ring (bicyclic) bond motifs is 1. The lowest BCUT2D eigenvalue weighted by molar-refractivity contribution is -0.120. The van der Waals surface area contributed by atoms with Gasteiger partial charge in [-0.1, -0.05) is 12.1 Å². The minimum Gasteiger partial charge on any atom is -0.493 e. The van der Waals surface area contributed by atoms with E-state index in [0.717, 1.165) is 16.1 Å². The van der Waals surface area contributed by atoms with Crippen molar-refractivity contribution in [2.75, 3.05) is 7.11 Å². The summed E-state index contributed by atoms with van der Waals surface area (Å²) in [6.07, 6.45) is 0.212. The molecule has 3 aromatic rings. The predicted octanol–water partition coefficient (Wildman–Crippen LogP) is 3.29. The Balaban J connectivity index is 1.72. The zero-order valence-electron chi connectivity index (χ0n) is 13.6. The molecule has 0 fully saturated rings. The quantitative estimate of drug-likeness (QED) is 0.570. The molecule has 0 bridgehead atoms. The van der Waals surface area contributed by atoms with Crippen LogP contribution in [0.15, 0.2) is 39.2 Å². The average Bonchev–Trinajstić information content (AvgIpc) is 3.18. The molecule has 1 amide bonds. The number of amides is 1. The van der Waals surface area contributed by atoms with E-state index in [0.29, 0.717) is 22.8 Å². The molecule has 0 saturated carbocycles. The first-order chi connectivity index (χ1) is 11.6. The van der Waals surface area contributed by atoms with Gasteiger partial charge in [-0.05, 0) is 26.0 Å². The second kappa shape index (κ2) is 6.84. The largest absolute Gasteiger partial charge is 0.493 e. The number of furan rings is 1. The van der Waals surface area contributed by atoms with E-state index >= 15 is 0 Å². The molecule has 24 heavy (non-hydrogen) atoms. The van der Waals surface area contributed by atoms with Crippen LogP contribution in [0.1, 0.15) is 23.4 Å². The fourth-order valence-corrected chi connectivity index (χ4v) is 3.01. The maximum absolute atomic E-state index is 11.9. The molecule has 1 aromatic carbocycles. The number of para-hydroxylation sites is 1. The predicted molar refractivity (Wildman–Crippen MR) is 93.7 cm³/mol. The lowest BCUT2D eigenvalue weighted by atomic mass is 10.2. The number of hydrazone groups is 1. The van der Waals surface area contributed by atoms with E-state index in [1.807, 2.05) is 36.6 Å². The Labute approximate surface area is 143 Å². The Bertz CT molecular complexity index is 911. The number of hydrogen-bond donors (Lipinski definition) is 1. The van der Waals surface area contributed by atoms with Crippen molar-refractivity contribution in [2.24, 2.45) is 5.10 Å². The summed E-state index contributed by atoms with van der Waals surface area (Å²) in [5, 5.41) is 7.71. The number of carbonyl (C=O) groups excluding carboxylic acids is 1. The van der Waals surface area contributed by atoms with E-state index in [1.165, 1.54) is 11.3 Å². The molecule has 6 nitrogen and oxygen atoms in total. The summed E-state index contributed by atoms with van der Waals surface area (Å²) < 4.78 is 11.1. The third kappa shape index (κ3) is 3.46. The summed E-state index contributed by atoms with van der Waals surface area (Å²) in [6.45, 7) is 3.67. The Kier molecular flexibility index (Phi) is 4.61. The van der Waals surface area contributed by atoms with Crippen molar-refractivity contribution < 1.29 is 13.9 Å². The molecule has 0 aliphatic heterocycles. The summed E-state index contributed by atoms with van der Waals surface area (Å²) >= 11 is 1.46. The second-order valence-electron chi connectivity index (χ2n) is 5.28. The first-order valence-electron chi connectivity index (χ1n) is 7.38. The lowest BCUT2D eigenvalue weighted by Crippen LogP contribution is -2.21. The van der Waals surface area contributed by atoms with Gasteiger partial charge in [-0.3, -0.25) is 4.79 Å². The van der Waals surface area contributed by atoms with Crippen LogP contribution in [0, 0.1) is 6.92 Å². The summed E-state index contributed by atoms with van der Waals surface area (Å²) in [7, 11) is 1.60. The summed E-state index contributed by atoms with van der Waals surface area (Å²) in [4.78, 5) is 16.2. The minimum absolute atomic E-state index is 0.211. The minimum atomic E-state index is -0.211. The van der Waals surface area contributed by atoms with Crippen molar-refractivity contribution in [3.63, 3.8) is 0 Å². The van der Waals surface area contributed by atoms with E-state index in [4.69, 9.17) is 9.15 Å². The number of aromatic nitrogens is 1. The Morgan fingerprint density at radius 2 is 2.29 bits per heavy atom. The van der Waals surface area contributed by atoms with E-state index < -0.39 is 0 Å². The van der Waals surface area contributed by atoms with Crippen molar-refractivity contribution in [1.29, 1.82) is 0 Å². The molecule has 0 saturated heterocycles. The van der Waals surface area contributed by atoms with Gasteiger partial charge < -0.3 is 9.15 Å². The number of ether oxygens (including phenoxy) is 1. The maximum Gasteiger partial charge on any atom is 0.246 e. The molecule has 0 aliphatic rings. The van der Waals surface area contributed by atoms with Gasteiger partial charge in [0.1, 0.15) is 10.7 Å². The van der Waals surface area contributed by atoms with Crippen LogP contribution in [0.3, 0.4) is 0 Å². The van der Waals surface area contributed by atoms with Crippen LogP contribution in [-0.2, 0) is 11.2 Å². The summed E-state index contributed by atoms with van der Waals surface area (Å²) in [6, 6.07) is 7.53. The van der Waals surface area contributed by atoms with Gasteiger partial charge in [0, 0.05) is 16.5 Å². The summed E-state index contributed by atoms with van der Waals surface area (Å²) in [5.74, 6) is 1.03. The van der Waals surface area contributed by atoms with E-state index in [9.17, 15) is 4.79 Å². The standard InChI is InChI=1S/C17H17N3O3S/c1-10-9-24-16(18-10)8-15(21)20-19-11(2)14-7-12-5-4-6-13(22-3)17(12)23-14/h4-7,9H,8H2,1-3H3,(H,20,21)/b19-11-.